The average molecular weight is 405 g/mol. The number of rotatable bonds is 10. The number of urea groups is 1. The maximum Gasteiger partial charge on any atom is 0.321 e. The quantitative estimate of drug-likeness (QED) is 0.516. The number of amides is 3. The lowest BCUT2D eigenvalue weighted by atomic mass is 9.97. The van der Waals surface area contributed by atoms with E-state index in [2.05, 4.69) is 16.7 Å². The molecule has 0 radical (unpaired) electrons. The summed E-state index contributed by atoms with van der Waals surface area (Å²) in [5.41, 5.74) is 2.51. The zero-order valence-corrected chi connectivity index (χ0v) is 17.8. The maximum atomic E-state index is 12.1. The molecule has 0 saturated heterocycles. The second kappa shape index (κ2) is 12.1. The van der Waals surface area contributed by atoms with Gasteiger partial charge in [0.25, 0.3) is 5.91 Å². The summed E-state index contributed by atoms with van der Waals surface area (Å²) in [4.78, 5) is 25.0. The standard InChI is InChI=1S/C22H33N3O4/c1-25(14-12-18-9-10-19(28-2)20(15-18)29-3)16-21(26)24-22(27)23-13-11-17-7-5-4-6-8-17/h7,9-10,15H,4-6,8,11-14,16H2,1-3H3,(H2,23,24,26,27)/p+1. The first-order valence-corrected chi connectivity index (χ1v) is 10.3. The molecule has 0 bridgehead atoms. The van der Waals surface area contributed by atoms with E-state index in [0.29, 0.717) is 18.0 Å². The van der Waals surface area contributed by atoms with E-state index >= 15 is 0 Å². The molecule has 3 amide bonds. The lowest BCUT2D eigenvalue weighted by Crippen LogP contribution is -3.10. The number of imide groups is 1. The van der Waals surface area contributed by atoms with Crippen molar-refractivity contribution in [2.24, 2.45) is 0 Å². The average Bonchev–Trinajstić information content (AvgIpc) is 2.72. The Morgan fingerprint density at radius 1 is 1.10 bits per heavy atom. The fraction of sp³-hybridized carbons (Fsp3) is 0.545. The van der Waals surface area contributed by atoms with Crippen LogP contribution >= 0.6 is 0 Å². The van der Waals surface area contributed by atoms with Crippen molar-refractivity contribution in [2.45, 2.75) is 38.5 Å². The van der Waals surface area contributed by atoms with Crippen molar-refractivity contribution in [1.29, 1.82) is 0 Å². The fourth-order valence-electron chi connectivity index (χ4n) is 3.44. The number of carbonyl (C=O) groups excluding carboxylic acids is 2. The van der Waals surface area contributed by atoms with Crippen LogP contribution in [-0.4, -0.2) is 52.8 Å². The van der Waals surface area contributed by atoms with Gasteiger partial charge in [-0.2, -0.15) is 0 Å². The molecule has 3 N–H and O–H groups in total. The number of hydrogen-bond acceptors (Lipinski definition) is 4. The maximum absolute atomic E-state index is 12.1. The molecule has 7 heteroatoms. The van der Waals surface area contributed by atoms with Crippen LogP contribution in [0.5, 0.6) is 11.5 Å². The Labute approximate surface area is 173 Å². The Bertz CT molecular complexity index is 718. The Hall–Kier alpha value is -2.54. The lowest BCUT2D eigenvalue weighted by molar-refractivity contribution is -0.870. The smallest absolute Gasteiger partial charge is 0.321 e. The van der Waals surface area contributed by atoms with Crippen molar-refractivity contribution in [3.8, 4) is 11.5 Å². The lowest BCUT2D eigenvalue weighted by Gasteiger charge is -2.15. The predicted molar refractivity (Wildman–Crippen MR) is 113 cm³/mol. The van der Waals surface area contributed by atoms with Crippen LogP contribution in [0.1, 0.15) is 37.7 Å². The van der Waals surface area contributed by atoms with Gasteiger partial charge in [-0.15, -0.1) is 0 Å². The molecule has 0 fully saturated rings. The van der Waals surface area contributed by atoms with Gasteiger partial charge in [0.15, 0.2) is 18.0 Å². The zero-order chi connectivity index (χ0) is 21.1. The van der Waals surface area contributed by atoms with Crippen LogP contribution in [0.25, 0.3) is 0 Å². The minimum Gasteiger partial charge on any atom is -0.493 e. The molecule has 1 unspecified atom stereocenters. The van der Waals surface area contributed by atoms with E-state index in [9.17, 15) is 9.59 Å². The number of allylic oxidation sites excluding steroid dienone is 1. The molecule has 0 heterocycles. The summed E-state index contributed by atoms with van der Waals surface area (Å²) in [7, 11) is 5.16. The molecule has 0 aromatic heterocycles. The molecule has 7 nitrogen and oxygen atoms in total. The van der Waals surface area contributed by atoms with Gasteiger partial charge in [0.1, 0.15) is 0 Å². The van der Waals surface area contributed by atoms with Gasteiger partial charge in [-0.25, -0.2) is 4.79 Å². The minimum atomic E-state index is -0.417. The number of carbonyl (C=O) groups is 2. The zero-order valence-electron chi connectivity index (χ0n) is 17.8. The summed E-state index contributed by atoms with van der Waals surface area (Å²) in [5.74, 6) is 1.12. The van der Waals surface area contributed by atoms with Gasteiger partial charge in [-0.05, 0) is 49.8 Å². The third-order valence-electron chi connectivity index (χ3n) is 5.12. The highest BCUT2D eigenvalue weighted by molar-refractivity contribution is 5.94. The predicted octanol–water partition coefficient (Wildman–Crippen LogP) is 1.48. The molecule has 1 atom stereocenters. The summed E-state index contributed by atoms with van der Waals surface area (Å²) in [6, 6.07) is 5.40. The topological polar surface area (TPSA) is 81.1 Å². The van der Waals surface area contributed by atoms with Crippen molar-refractivity contribution in [2.75, 3.05) is 40.9 Å². The number of ether oxygens (including phenoxy) is 2. The van der Waals surface area contributed by atoms with Crippen LogP contribution < -0.4 is 25.0 Å². The summed E-state index contributed by atoms with van der Waals surface area (Å²) >= 11 is 0. The number of benzene rings is 1. The molecular weight excluding hydrogens is 370 g/mol. The molecule has 160 valence electrons. The Morgan fingerprint density at radius 3 is 2.59 bits per heavy atom. The minimum absolute atomic E-state index is 0.242. The summed E-state index contributed by atoms with van der Waals surface area (Å²) in [5, 5.41) is 5.18. The van der Waals surface area contributed by atoms with Crippen LogP contribution in [0.4, 0.5) is 4.79 Å². The van der Waals surface area contributed by atoms with Gasteiger partial charge in [-0.3, -0.25) is 10.1 Å². The van der Waals surface area contributed by atoms with E-state index in [0.717, 1.165) is 42.7 Å². The SMILES string of the molecule is COc1ccc(CC[NH+](C)CC(=O)NC(=O)NCCC2=CCCCC2)cc1OC. The molecule has 1 aliphatic rings. The van der Waals surface area contributed by atoms with E-state index < -0.39 is 6.03 Å². The van der Waals surface area contributed by atoms with Crippen molar-refractivity contribution in [3.05, 3.63) is 35.4 Å². The van der Waals surface area contributed by atoms with E-state index in [1.54, 1.807) is 14.2 Å². The second-order valence-corrected chi connectivity index (χ2v) is 7.49. The summed E-state index contributed by atoms with van der Waals surface area (Å²) < 4.78 is 10.6. The Balaban J connectivity index is 1.66. The Kier molecular flexibility index (Phi) is 9.50. The molecular formula is C22H34N3O4+. The molecule has 0 aliphatic heterocycles. The molecule has 0 spiro atoms. The first kappa shape index (κ1) is 22.7. The number of quaternary nitrogens is 1. The van der Waals surface area contributed by atoms with Gasteiger partial charge in [0.2, 0.25) is 0 Å². The monoisotopic (exact) mass is 404 g/mol. The molecule has 1 aromatic rings. The van der Waals surface area contributed by atoms with Gasteiger partial charge in [0.05, 0.1) is 27.8 Å². The molecule has 2 rings (SSSR count). The van der Waals surface area contributed by atoms with E-state index in [4.69, 9.17) is 9.47 Å². The highest BCUT2D eigenvalue weighted by atomic mass is 16.5. The number of hydrogen-bond donors (Lipinski definition) is 3. The highest BCUT2D eigenvalue weighted by Gasteiger charge is 2.14. The van der Waals surface area contributed by atoms with Crippen LogP contribution in [-0.2, 0) is 11.2 Å². The molecule has 0 saturated carbocycles. The number of methoxy groups -OCH3 is 2. The first-order valence-electron chi connectivity index (χ1n) is 10.3. The van der Waals surface area contributed by atoms with Gasteiger partial charge < -0.3 is 19.7 Å². The third kappa shape index (κ3) is 8.15. The summed E-state index contributed by atoms with van der Waals surface area (Å²) in [6.07, 6.45) is 8.67. The number of likely N-dealkylation sites (N-methyl/N-ethyl adjacent to an activating group) is 1. The van der Waals surface area contributed by atoms with Crippen LogP contribution in [0.15, 0.2) is 29.8 Å². The van der Waals surface area contributed by atoms with E-state index in [-0.39, 0.29) is 12.5 Å². The van der Waals surface area contributed by atoms with E-state index in [1.807, 2.05) is 25.2 Å². The van der Waals surface area contributed by atoms with Crippen molar-refractivity contribution in [1.82, 2.24) is 10.6 Å². The fourth-order valence-corrected chi connectivity index (χ4v) is 3.44. The highest BCUT2D eigenvalue weighted by Crippen LogP contribution is 2.27. The molecule has 1 aliphatic carbocycles. The third-order valence-corrected chi connectivity index (χ3v) is 5.12. The normalized spacial score (nSPS) is 14.5. The Morgan fingerprint density at radius 2 is 1.90 bits per heavy atom. The number of nitrogens with one attached hydrogen (secondary N) is 3. The molecule has 29 heavy (non-hydrogen) atoms. The van der Waals surface area contributed by atoms with Crippen molar-refractivity contribution >= 4 is 11.9 Å². The first-order chi connectivity index (χ1) is 14.0. The van der Waals surface area contributed by atoms with Gasteiger partial charge in [-0.1, -0.05) is 17.7 Å². The van der Waals surface area contributed by atoms with Crippen LogP contribution in [0.2, 0.25) is 0 Å². The van der Waals surface area contributed by atoms with Crippen molar-refractivity contribution in [3.63, 3.8) is 0 Å². The second-order valence-electron chi connectivity index (χ2n) is 7.49. The van der Waals surface area contributed by atoms with Crippen molar-refractivity contribution < 1.29 is 24.0 Å². The summed E-state index contributed by atoms with van der Waals surface area (Å²) in [6.45, 7) is 1.57. The van der Waals surface area contributed by atoms with Crippen LogP contribution in [0, 0.1) is 0 Å². The molecule has 1 aromatic carbocycles. The van der Waals surface area contributed by atoms with E-state index in [1.165, 1.54) is 18.4 Å². The largest absolute Gasteiger partial charge is 0.493 e. The van der Waals surface area contributed by atoms with Gasteiger partial charge in [0, 0.05) is 13.0 Å². The van der Waals surface area contributed by atoms with Gasteiger partial charge >= 0.3 is 6.03 Å². The van der Waals surface area contributed by atoms with Crippen LogP contribution in [0.3, 0.4) is 0 Å².